The number of anilines is 1. The highest BCUT2D eigenvalue weighted by molar-refractivity contribution is 5.58. The average Bonchev–Trinajstić information content (AvgIpc) is 2.37. The Bertz CT molecular complexity index is 479. The SMILES string of the molecule is CCCNc1nccc(-c2ccc(C)nc2)n1. The first-order valence-corrected chi connectivity index (χ1v) is 5.79. The molecular formula is C13H16N4. The second kappa shape index (κ2) is 5.39. The number of hydrogen-bond donors (Lipinski definition) is 1. The molecule has 0 aliphatic heterocycles. The summed E-state index contributed by atoms with van der Waals surface area (Å²) in [4.78, 5) is 12.9. The molecule has 0 fully saturated rings. The number of nitrogens with one attached hydrogen (secondary N) is 1. The molecule has 0 aromatic carbocycles. The summed E-state index contributed by atoms with van der Waals surface area (Å²) in [6, 6.07) is 5.90. The van der Waals surface area contributed by atoms with Crippen molar-refractivity contribution >= 4 is 5.95 Å². The van der Waals surface area contributed by atoms with E-state index in [4.69, 9.17) is 0 Å². The van der Waals surface area contributed by atoms with Crippen LogP contribution in [-0.2, 0) is 0 Å². The number of pyridine rings is 1. The molecule has 0 saturated heterocycles. The molecule has 4 heteroatoms. The Hall–Kier alpha value is -1.97. The molecule has 0 radical (unpaired) electrons. The Labute approximate surface area is 101 Å². The second-order valence-corrected chi connectivity index (χ2v) is 3.88. The maximum Gasteiger partial charge on any atom is 0.223 e. The van der Waals surface area contributed by atoms with Crippen LogP contribution in [0.5, 0.6) is 0 Å². The van der Waals surface area contributed by atoms with E-state index >= 15 is 0 Å². The van der Waals surface area contributed by atoms with Crippen molar-refractivity contribution < 1.29 is 0 Å². The summed E-state index contributed by atoms with van der Waals surface area (Å²) in [6.45, 7) is 4.97. The van der Waals surface area contributed by atoms with Crippen LogP contribution in [0.15, 0.2) is 30.6 Å². The molecule has 2 heterocycles. The van der Waals surface area contributed by atoms with Crippen LogP contribution in [0, 0.1) is 6.92 Å². The largest absolute Gasteiger partial charge is 0.354 e. The maximum absolute atomic E-state index is 4.45. The van der Waals surface area contributed by atoms with Gasteiger partial charge in [0.2, 0.25) is 5.95 Å². The molecule has 2 rings (SSSR count). The second-order valence-electron chi connectivity index (χ2n) is 3.88. The molecule has 17 heavy (non-hydrogen) atoms. The Morgan fingerprint density at radius 2 is 2.06 bits per heavy atom. The Balaban J connectivity index is 2.23. The normalized spacial score (nSPS) is 10.2. The van der Waals surface area contributed by atoms with E-state index in [-0.39, 0.29) is 0 Å². The summed E-state index contributed by atoms with van der Waals surface area (Å²) in [5.41, 5.74) is 2.91. The van der Waals surface area contributed by atoms with E-state index in [1.165, 1.54) is 0 Å². The molecule has 2 aromatic rings. The summed E-state index contributed by atoms with van der Waals surface area (Å²) in [5, 5.41) is 3.17. The molecule has 0 spiro atoms. The first-order valence-electron chi connectivity index (χ1n) is 5.79. The van der Waals surface area contributed by atoms with E-state index in [2.05, 4.69) is 27.2 Å². The summed E-state index contributed by atoms with van der Waals surface area (Å²) >= 11 is 0. The van der Waals surface area contributed by atoms with Crippen molar-refractivity contribution in [2.75, 3.05) is 11.9 Å². The van der Waals surface area contributed by atoms with Crippen molar-refractivity contribution in [3.63, 3.8) is 0 Å². The molecule has 0 bridgehead atoms. The van der Waals surface area contributed by atoms with Crippen LogP contribution < -0.4 is 5.32 Å². The van der Waals surface area contributed by atoms with Gasteiger partial charge in [-0.1, -0.05) is 6.92 Å². The first kappa shape index (κ1) is 11.5. The van der Waals surface area contributed by atoms with Crippen molar-refractivity contribution in [1.29, 1.82) is 0 Å². The smallest absolute Gasteiger partial charge is 0.223 e. The first-order chi connectivity index (χ1) is 8.29. The van der Waals surface area contributed by atoms with Gasteiger partial charge >= 0.3 is 0 Å². The lowest BCUT2D eigenvalue weighted by molar-refractivity contribution is 0.953. The zero-order chi connectivity index (χ0) is 12.1. The van der Waals surface area contributed by atoms with E-state index in [1.54, 1.807) is 6.20 Å². The van der Waals surface area contributed by atoms with Crippen molar-refractivity contribution in [3.05, 3.63) is 36.3 Å². The Morgan fingerprint density at radius 1 is 1.18 bits per heavy atom. The van der Waals surface area contributed by atoms with Crippen molar-refractivity contribution in [3.8, 4) is 11.3 Å². The standard InChI is InChI=1S/C13H16N4/c1-3-7-14-13-15-8-6-12(17-13)11-5-4-10(2)16-9-11/h4-6,8-9H,3,7H2,1-2H3,(H,14,15,17). The molecule has 4 nitrogen and oxygen atoms in total. The minimum atomic E-state index is 0.671. The molecular weight excluding hydrogens is 212 g/mol. The van der Waals surface area contributed by atoms with Gasteiger partial charge in [0.25, 0.3) is 0 Å². The fraction of sp³-hybridized carbons (Fsp3) is 0.308. The number of nitrogens with zero attached hydrogens (tertiary/aromatic N) is 3. The van der Waals surface area contributed by atoms with Crippen molar-refractivity contribution in [1.82, 2.24) is 15.0 Å². The van der Waals surface area contributed by atoms with E-state index in [9.17, 15) is 0 Å². The van der Waals surface area contributed by atoms with Gasteiger partial charge in [-0.2, -0.15) is 0 Å². The highest BCUT2D eigenvalue weighted by atomic mass is 15.1. The van der Waals surface area contributed by atoms with Crippen LogP contribution in [0.25, 0.3) is 11.3 Å². The van der Waals surface area contributed by atoms with Crippen LogP contribution in [0.3, 0.4) is 0 Å². The monoisotopic (exact) mass is 228 g/mol. The van der Waals surface area contributed by atoms with Crippen LogP contribution in [0.2, 0.25) is 0 Å². The van der Waals surface area contributed by atoms with Gasteiger partial charge in [0.05, 0.1) is 5.69 Å². The van der Waals surface area contributed by atoms with Gasteiger partial charge in [0, 0.05) is 30.2 Å². The highest BCUT2D eigenvalue weighted by Crippen LogP contribution is 2.16. The van der Waals surface area contributed by atoms with Gasteiger partial charge in [-0.3, -0.25) is 4.98 Å². The average molecular weight is 228 g/mol. The van der Waals surface area contributed by atoms with Crippen molar-refractivity contribution in [2.24, 2.45) is 0 Å². The molecule has 0 aliphatic rings. The summed E-state index contributed by atoms with van der Waals surface area (Å²) in [6.07, 6.45) is 4.65. The number of aromatic nitrogens is 3. The zero-order valence-corrected chi connectivity index (χ0v) is 10.1. The number of hydrogen-bond acceptors (Lipinski definition) is 4. The van der Waals surface area contributed by atoms with Crippen molar-refractivity contribution in [2.45, 2.75) is 20.3 Å². The molecule has 1 N–H and O–H groups in total. The lowest BCUT2D eigenvalue weighted by Crippen LogP contribution is -2.04. The molecule has 0 saturated carbocycles. The lowest BCUT2D eigenvalue weighted by atomic mass is 10.2. The molecule has 88 valence electrons. The van der Waals surface area contributed by atoms with Crippen LogP contribution in [-0.4, -0.2) is 21.5 Å². The van der Waals surface area contributed by atoms with E-state index in [1.807, 2.05) is 31.3 Å². The van der Waals surface area contributed by atoms with Crippen LogP contribution >= 0.6 is 0 Å². The molecule has 0 aliphatic carbocycles. The van der Waals surface area contributed by atoms with Gasteiger partial charge in [0.1, 0.15) is 0 Å². The molecule has 0 amide bonds. The van der Waals surface area contributed by atoms with E-state index in [0.717, 1.165) is 29.9 Å². The van der Waals surface area contributed by atoms with Gasteiger partial charge in [0.15, 0.2) is 0 Å². The Morgan fingerprint density at radius 3 is 2.76 bits per heavy atom. The van der Waals surface area contributed by atoms with Gasteiger partial charge < -0.3 is 5.32 Å². The summed E-state index contributed by atoms with van der Waals surface area (Å²) in [5.74, 6) is 0.671. The molecule has 0 unspecified atom stereocenters. The van der Waals surface area contributed by atoms with Crippen LogP contribution in [0.1, 0.15) is 19.0 Å². The molecule has 0 atom stereocenters. The number of rotatable bonds is 4. The third kappa shape index (κ3) is 3.00. The van der Waals surface area contributed by atoms with Gasteiger partial charge in [-0.25, -0.2) is 9.97 Å². The minimum absolute atomic E-state index is 0.671. The predicted octanol–water partition coefficient (Wildman–Crippen LogP) is 2.67. The topological polar surface area (TPSA) is 50.7 Å². The molecule has 2 aromatic heterocycles. The Kier molecular flexibility index (Phi) is 3.65. The third-order valence-electron chi connectivity index (χ3n) is 2.40. The highest BCUT2D eigenvalue weighted by Gasteiger charge is 2.01. The van der Waals surface area contributed by atoms with Crippen LogP contribution in [0.4, 0.5) is 5.95 Å². The zero-order valence-electron chi connectivity index (χ0n) is 10.1. The third-order valence-corrected chi connectivity index (χ3v) is 2.40. The van der Waals surface area contributed by atoms with E-state index < -0.39 is 0 Å². The van der Waals surface area contributed by atoms with E-state index in [0.29, 0.717) is 5.95 Å². The fourth-order valence-electron chi connectivity index (χ4n) is 1.46. The minimum Gasteiger partial charge on any atom is -0.354 e. The number of aryl methyl sites for hydroxylation is 1. The fourth-order valence-corrected chi connectivity index (χ4v) is 1.46. The van der Waals surface area contributed by atoms with Gasteiger partial charge in [-0.15, -0.1) is 0 Å². The van der Waals surface area contributed by atoms with Gasteiger partial charge in [-0.05, 0) is 31.5 Å². The summed E-state index contributed by atoms with van der Waals surface area (Å²) < 4.78 is 0. The maximum atomic E-state index is 4.45. The predicted molar refractivity (Wildman–Crippen MR) is 68.8 cm³/mol. The quantitative estimate of drug-likeness (QED) is 0.874. The summed E-state index contributed by atoms with van der Waals surface area (Å²) in [7, 11) is 0. The lowest BCUT2D eigenvalue weighted by Gasteiger charge is -2.05.